The molecule has 1 aromatic carbocycles. The van der Waals surface area contributed by atoms with Crippen molar-refractivity contribution in [3.63, 3.8) is 0 Å². The summed E-state index contributed by atoms with van der Waals surface area (Å²) in [7, 11) is 1.63. The van der Waals surface area contributed by atoms with E-state index in [2.05, 4.69) is 10.6 Å². The van der Waals surface area contributed by atoms with Crippen LogP contribution in [0.25, 0.3) is 0 Å². The molecule has 0 aliphatic heterocycles. The number of rotatable bonds is 4. The van der Waals surface area contributed by atoms with Gasteiger partial charge >= 0.3 is 6.09 Å². The van der Waals surface area contributed by atoms with Crippen LogP contribution in [0, 0.1) is 0 Å². The van der Waals surface area contributed by atoms with Gasteiger partial charge in [0.15, 0.2) is 0 Å². The van der Waals surface area contributed by atoms with E-state index in [1.165, 1.54) is 0 Å². The molecular weight excluding hydrogens is 316 g/mol. The van der Waals surface area contributed by atoms with Crippen molar-refractivity contribution < 1.29 is 14.3 Å². The molecule has 2 N–H and O–H groups in total. The number of ether oxygens (including phenoxy) is 2. The highest BCUT2D eigenvalue weighted by molar-refractivity contribution is 6.30. The number of nitrogens with one attached hydrogen (secondary N) is 2. The first kappa shape index (κ1) is 17.7. The van der Waals surface area contributed by atoms with E-state index < -0.39 is 5.60 Å². The molecule has 1 aliphatic rings. The molecule has 2 rings (SSSR count). The average molecular weight is 341 g/mol. The molecular formula is C17H25ClN2O3. The van der Waals surface area contributed by atoms with Crippen molar-refractivity contribution in [3.05, 3.63) is 23.2 Å². The van der Waals surface area contributed by atoms with Crippen molar-refractivity contribution in [1.29, 1.82) is 0 Å². The van der Waals surface area contributed by atoms with E-state index in [0.717, 1.165) is 30.7 Å². The second-order valence-electron chi connectivity index (χ2n) is 6.84. The molecule has 0 radical (unpaired) electrons. The van der Waals surface area contributed by atoms with Crippen molar-refractivity contribution in [3.8, 4) is 5.75 Å². The van der Waals surface area contributed by atoms with Gasteiger partial charge in [-0.25, -0.2) is 4.79 Å². The third-order valence-corrected chi connectivity index (χ3v) is 3.91. The lowest BCUT2D eigenvalue weighted by Gasteiger charge is -2.22. The summed E-state index contributed by atoms with van der Waals surface area (Å²) in [4.78, 5) is 11.8. The Hall–Kier alpha value is -1.62. The van der Waals surface area contributed by atoms with Crippen LogP contribution in [0.1, 0.15) is 40.0 Å². The minimum Gasteiger partial charge on any atom is -0.495 e. The van der Waals surface area contributed by atoms with Gasteiger partial charge in [-0.3, -0.25) is 0 Å². The monoisotopic (exact) mass is 340 g/mol. The summed E-state index contributed by atoms with van der Waals surface area (Å²) in [6, 6.07) is 5.88. The second-order valence-corrected chi connectivity index (χ2v) is 7.28. The first-order valence-electron chi connectivity index (χ1n) is 7.86. The highest BCUT2D eigenvalue weighted by Crippen LogP contribution is 2.31. The van der Waals surface area contributed by atoms with Crippen LogP contribution in [0.5, 0.6) is 5.75 Å². The maximum atomic E-state index is 11.8. The van der Waals surface area contributed by atoms with Crippen molar-refractivity contribution in [2.75, 3.05) is 12.4 Å². The molecule has 2 atom stereocenters. The smallest absolute Gasteiger partial charge is 0.407 e. The van der Waals surface area contributed by atoms with Gasteiger partial charge in [-0.2, -0.15) is 0 Å². The number of benzene rings is 1. The number of hydrogen-bond acceptors (Lipinski definition) is 4. The predicted molar refractivity (Wildman–Crippen MR) is 92.4 cm³/mol. The van der Waals surface area contributed by atoms with E-state index >= 15 is 0 Å². The number of carbonyl (C=O) groups excluding carboxylic acids is 1. The zero-order valence-electron chi connectivity index (χ0n) is 14.1. The third-order valence-electron chi connectivity index (χ3n) is 3.67. The van der Waals surface area contributed by atoms with Crippen molar-refractivity contribution >= 4 is 23.4 Å². The van der Waals surface area contributed by atoms with Crippen LogP contribution in [-0.2, 0) is 4.74 Å². The Balaban J connectivity index is 1.88. The van der Waals surface area contributed by atoms with Gasteiger partial charge in [0, 0.05) is 17.1 Å². The largest absolute Gasteiger partial charge is 0.495 e. The first-order valence-corrected chi connectivity index (χ1v) is 8.24. The van der Waals surface area contributed by atoms with Crippen LogP contribution in [0.15, 0.2) is 18.2 Å². The van der Waals surface area contributed by atoms with Crippen molar-refractivity contribution in [2.45, 2.75) is 57.7 Å². The summed E-state index contributed by atoms with van der Waals surface area (Å²) in [5.74, 6) is 0.762. The molecule has 5 nitrogen and oxygen atoms in total. The van der Waals surface area contributed by atoms with E-state index in [1.54, 1.807) is 13.2 Å². The van der Waals surface area contributed by atoms with Gasteiger partial charge in [0.2, 0.25) is 0 Å². The molecule has 6 heteroatoms. The molecule has 0 saturated heterocycles. The molecule has 0 aromatic heterocycles. The minimum absolute atomic E-state index is 0.118. The fraction of sp³-hybridized carbons (Fsp3) is 0.588. The fourth-order valence-corrected chi connectivity index (χ4v) is 2.90. The molecule has 23 heavy (non-hydrogen) atoms. The quantitative estimate of drug-likeness (QED) is 0.862. The highest BCUT2D eigenvalue weighted by atomic mass is 35.5. The summed E-state index contributed by atoms with van der Waals surface area (Å²) in [6.45, 7) is 5.57. The summed E-state index contributed by atoms with van der Waals surface area (Å²) >= 11 is 6.05. The fourth-order valence-electron chi connectivity index (χ4n) is 2.73. The Morgan fingerprint density at radius 3 is 2.61 bits per heavy atom. The van der Waals surface area contributed by atoms with Crippen LogP contribution in [0.2, 0.25) is 5.02 Å². The summed E-state index contributed by atoms with van der Waals surface area (Å²) in [5.41, 5.74) is 0.400. The maximum Gasteiger partial charge on any atom is 0.407 e. The van der Waals surface area contributed by atoms with Crippen molar-refractivity contribution in [2.24, 2.45) is 0 Å². The molecule has 1 saturated carbocycles. The minimum atomic E-state index is -0.478. The van der Waals surface area contributed by atoms with E-state index in [0.29, 0.717) is 5.02 Å². The van der Waals surface area contributed by atoms with E-state index in [1.807, 2.05) is 32.9 Å². The number of carbonyl (C=O) groups is 1. The number of alkyl carbamates (subject to hydrolysis) is 1. The van der Waals surface area contributed by atoms with Gasteiger partial charge in [-0.1, -0.05) is 11.6 Å². The Morgan fingerprint density at radius 1 is 1.26 bits per heavy atom. The van der Waals surface area contributed by atoms with Gasteiger partial charge in [0.05, 0.1) is 12.8 Å². The molecule has 1 fully saturated rings. The Morgan fingerprint density at radius 2 is 1.96 bits per heavy atom. The summed E-state index contributed by atoms with van der Waals surface area (Å²) in [6.07, 6.45) is 2.37. The molecule has 2 unspecified atom stereocenters. The molecule has 0 bridgehead atoms. The van der Waals surface area contributed by atoms with Crippen LogP contribution in [-0.4, -0.2) is 30.9 Å². The van der Waals surface area contributed by atoms with Crippen molar-refractivity contribution in [1.82, 2.24) is 5.32 Å². The summed E-state index contributed by atoms with van der Waals surface area (Å²) in [5, 5.41) is 7.05. The normalized spacial score (nSPS) is 20.9. The molecule has 128 valence electrons. The molecule has 1 amide bonds. The number of halogens is 1. The lowest BCUT2D eigenvalue weighted by Crippen LogP contribution is -2.38. The number of methoxy groups -OCH3 is 1. The van der Waals surface area contributed by atoms with Crippen LogP contribution >= 0.6 is 11.6 Å². The van der Waals surface area contributed by atoms with Gasteiger partial charge in [0.25, 0.3) is 0 Å². The number of hydrogen-bond donors (Lipinski definition) is 2. The third kappa shape index (κ3) is 5.50. The first-order chi connectivity index (χ1) is 10.8. The lowest BCUT2D eigenvalue weighted by atomic mass is 10.2. The predicted octanol–water partition coefficient (Wildman–Crippen LogP) is 4.21. The zero-order valence-corrected chi connectivity index (χ0v) is 14.9. The van der Waals surface area contributed by atoms with Gasteiger partial charge in [0.1, 0.15) is 11.4 Å². The number of amides is 1. The van der Waals surface area contributed by atoms with E-state index in [9.17, 15) is 4.79 Å². The SMILES string of the molecule is COc1ccc(Cl)cc1NC1CCC(NC(=O)OC(C)(C)C)C1. The molecule has 1 aliphatic carbocycles. The van der Waals surface area contributed by atoms with Crippen LogP contribution in [0.4, 0.5) is 10.5 Å². The number of anilines is 1. The van der Waals surface area contributed by atoms with Gasteiger partial charge in [-0.05, 0) is 58.2 Å². The van der Waals surface area contributed by atoms with Gasteiger partial charge < -0.3 is 20.1 Å². The Bertz CT molecular complexity index is 557. The standard InChI is InChI=1S/C17H25ClN2O3/c1-17(2,3)23-16(21)20-13-7-6-12(10-13)19-14-9-11(18)5-8-15(14)22-4/h5,8-9,12-13,19H,6-7,10H2,1-4H3,(H,20,21). The topological polar surface area (TPSA) is 59.6 Å². The highest BCUT2D eigenvalue weighted by Gasteiger charge is 2.28. The van der Waals surface area contributed by atoms with E-state index in [-0.39, 0.29) is 18.2 Å². The van der Waals surface area contributed by atoms with Crippen LogP contribution in [0.3, 0.4) is 0 Å². The molecule has 0 heterocycles. The Labute approximate surface area is 142 Å². The van der Waals surface area contributed by atoms with E-state index in [4.69, 9.17) is 21.1 Å². The van der Waals surface area contributed by atoms with Crippen LogP contribution < -0.4 is 15.4 Å². The summed E-state index contributed by atoms with van der Waals surface area (Å²) < 4.78 is 10.6. The Kier molecular flexibility index (Phi) is 5.63. The van der Waals surface area contributed by atoms with Gasteiger partial charge in [-0.15, -0.1) is 0 Å². The maximum absolute atomic E-state index is 11.8. The average Bonchev–Trinajstić information content (AvgIpc) is 2.84. The second kappa shape index (κ2) is 7.30. The molecule has 1 aromatic rings. The lowest BCUT2D eigenvalue weighted by molar-refractivity contribution is 0.0505. The molecule has 0 spiro atoms. The zero-order chi connectivity index (χ0) is 17.0.